The Bertz CT molecular complexity index is 632. The van der Waals surface area contributed by atoms with Gasteiger partial charge in [-0.25, -0.2) is 9.78 Å². The topological polar surface area (TPSA) is 63.2 Å². The lowest BCUT2D eigenvalue weighted by molar-refractivity contribution is 0.168. The fraction of sp³-hybridized carbons (Fsp3) is 0.250. The first-order valence-electron chi connectivity index (χ1n) is 6.83. The lowest BCUT2D eigenvalue weighted by Gasteiger charge is -2.19. The summed E-state index contributed by atoms with van der Waals surface area (Å²) in [6, 6.07) is 10.4. The summed E-state index contributed by atoms with van der Waals surface area (Å²) in [4.78, 5) is 16.3. The molecule has 0 bridgehead atoms. The van der Waals surface area contributed by atoms with Gasteiger partial charge in [0.05, 0.1) is 12.6 Å². The van der Waals surface area contributed by atoms with Gasteiger partial charge in [0.15, 0.2) is 0 Å². The highest BCUT2D eigenvalue weighted by molar-refractivity contribution is 6.30. The molecule has 1 aromatic carbocycles. The second-order valence-electron chi connectivity index (χ2n) is 4.83. The SMILES string of the molecule is COC[C@H](NC(=O)Nc1ncccc1C)c1ccc(Cl)cc1. The number of hydrogen-bond donors (Lipinski definition) is 2. The molecule has 2 aromatic rings. The van der Waals surface area contributed by atoms with E-state index in [0.29, 0.717) is 17.4 Å². The minimum absolute atomic E-state index is 0.272. The summed E-state index contributed by atoms with van der Waals surface area (Å²) < 4.78 is 5.17. The van der Waals surface area contributed by atoms with Gasteiger partial charge in [-0.05, 0) is 36.2 Å². The van der Waals surface area contributed by atoms with Crippen LogP contribution in [0.25, 0.3) is 0 Å². The molecule has 2 N–H and O–H groups in total. The fourth-order valence-electron chi connectivity index (χ4n) is 2.00. The van der Waals surface area contributed by atoms with Crippen LogP contribution in [0.15, 0.2) is 42.6 Å². The van der Waals surface area contributed by atoms with Crippen molar-refractivity contribution in [2.75, 3.05) is 19.0 Å². The number of aryl methyl sites for hydroxylation is 1. The number of aromatic nitrogens is 1. The Hall–Kier alpha value is -2.11. The van der Waals surface area contributed by atoms with Crippen LogP contribution in [-0.2, 0) is 4.74 Å². The summed E-state index contributed by atoms with van der Waals surface area (Å²) >= 11 is 5.88. The summed E-state index contributed by atoms with van der Waals surface area (Å²) in [6.07, 6.45) is 1.63. The van der Waals surface area contributed by atoms with Gasteiger partial charge in [0, 0.05) is 18.3 Å². The van der Waals surface area contributed by atoms with Crippen LogP contribution >= 0.6 is 11.6 Å². The fourth-order valence-corrected chi connectivity index (χ4v) is 2.13. The molecule has 0 aliphatic rings. The highest BCUT2D eigenvalue weighted by atomic mass is 35.5. The Morgan fingerprint density at radius 3 is 2.68 bits per heavy atom. The zero-order chi connectivity index (χ0) is 15.9. The first-order chi connectivity index (χ1) is 10.6. The Labute approximate surface area is 134 Å². The summed E-state index contributed by atoms with van der Waals surface area (Å²) in [5.74, 6) is 0.535. The molecule has 0 saturated carbocycles. The molecular weight excluding hydrogens is 302 g/mol. The van der Waals surface area contributed by atoms with Gasteiger partial charge in [-0.2, -0.15) is 0 Å². The van der Waals surface area contributed by atoms with Crippen LogP contribution < -0.4 is 10.6 Å². The van der Waals surface area contributed by atoms with Crippen molar-refractivity contribution in [2.45, 2.75) is 13.0 Å². The summed E-state index contributed by atoms with van der Waals surface area (Å²) in [5, 5.41) is 6.26. The van der Waals surface area contributed by atoms with E-state index in [-0.39, 0.29) is 12.1 Å². The van der Waals surface area contributed by atoms with Crippen LogP contribution in [0.3, 0.4) is 0 Å². The quantitative estimate of drug-likeness (QED) is 0.885. The lowest BCUT2D eigenvalue weighted by Crippen LogP contribution is -2.35. The van der Waals surface area contributed by atoms with Gasteiger partial charge >= 0.3 is 6.03 Å². The summed E-state index contributed by atoms with van der Waals surface area (Å²) in [6.45, 7) is 2.24. The van der Waals surface area contributed by atoms with Gasteiger partial charge in [0.25, 0.3) is 0 Å². The standard InChI is InChI=1S/C16H18ClN3O2/c1-11-4-3-9-18-15(11)20-16(21)19-14(10-22-2)12-5-7-13(17)8-6-12/h3-9,14H,10H2,1-2H3,(H2,18,19,20,21)/t14-/m0/s1. The van der Waals surface area contributed by atoms with Gasteiger partial charge < -0.3 is 10.1 Å². The third-order valence-electron chi connectivity index (χ3n) is 3.15. The van der Waals surface area contributed by atoms with Crippen molar-refractivity contribution >= 4 is 23.4 Å². The van der Waals surface area contributed by atoms with E-state index in [4.69, 9.17) is 16.3 Å². The van der Waals surface area contributed by atoms with E-state index in [9.17, 15) is 4.79 Å². The molecule has 0 unspecified atom stereocenters. The van der Waals surface area contributed by atoms with Crippen LogP contribution in [0.1, 0.15) is 17.2 Å². The van der Waals surface area contributed by atoms with Gasteiger partial charge in [-0.3, -0.25) is 5.32 Å². The normalized spacial score (nSPS) is 11.8. The van der Waals surface area contributed by atoms with E-state index in [1.54, 1.807) is 25.4 Å². The molecule has 0 saturated heterocycles. The van der Waals surface area contributed by atoms with Gasteiger partial charge in [0.1, 0.15) is 5.82 Å². The van der Waals surface area contributed by atoms with Crippen molar-refractivity contribution in [1.82, 2.24) is 10.3 Å². The number of carbonyl (C=O) groups is 1. The van der Waals surface area contributed by atoms with Crippen molar-refractivity contribution in [1.29, 1.82) is 0 Å². The van der Waals surface area contributed by atoms with Gasteiger partial charge in [-0.15, -0.1) is 0 Å². The number of ether oxygens (including phenoxy) is 1. The number of pyridine rings is 1. The third-order valence-corrected chi connectivity index (χ3v) is 3.40. The predicted molar refractivity (Wildman–Crippen MR) is 87.2 cm³/mol. The van der Waals surface area contributed by atoms with Crippen molar-refractivity contribution in [3.05, 3.63) is 58.7 Å². The molecule has 2 rings (SSSR count). The van der Waals surface area contributed by atoms with E-state index in [1.807, 2.05) is 31.2 Å². The Morgan fingerprint density at radius 2 is 2.05 bits per heavy atom. The zero-order valence-corrected chi connectivity index (χ0v) is 13.2. The third kappa shape index (κ3) is 4.44. The molecule has 1 aromatic heterocycles. The maximum atomic E-state index is 12.1. The van der Waals surface area contributed by atoms with Crippen LogP contribution in [-0.4, -0.2) is 24.7 Å². The molecule has 5 nitrogen and oxygen atoms in total. The number of hydrogen-bond acceptors (Lipinski definition) is 3. The molecule has 0 radical (unpaired) electrons. The largest absolute Gasteiger partial charge is 0.382 e. The number of benzene rings is 1. The highest BCUT2D eigenvalue weighted by Gasteiger charge is 2.15. The van der Waals surface area contributed by atoms with Crippen molar-refractivity contribution < 1.29 is 9.53 Å². The average molecular weight is 320 g/mol. The number of nitrogens with zero attached hydrogens (tertiary/aromatic N) is 1. The second kappa shape index (κ2) is 7.77. The van der Waals surface area contributed by atoms with Gasteiger partial charge in [0.2, 0.25) is 0 Å². The molecule has 22 heavy (non-hydrogen) atoms. The molecule has 2 amide bonds. The molecular formula is C16H18ClN3O2. The van der Waals surface area contributed by atoms with Crippen molar-refractivity contribution in [3.8, 4) is 0 Å². The minimum Gasteiger partial charge on any atom is -0.382 e. The summed E-state index contributed by atoms with van der Waals surface area (Å²) in [7, 11) is 1.59. The zero-order valence-electron chi connectivity index (χ0n) is 12.5. The summed E-state index contributed by atoms with van der Waals surface area (Å²) in [5.41, 5.74) is 1.81. The Morgan fingerprint density at radius 1 is 1.32 bits per heavy atom. The molecule has 0 aliphatic heterocycles. The molecule has 1 atom stereocenters. The van der Waals surface area contributed by atoms with Crippen molar-refractivity contribution in [2.24, 2.45) is 0 Å². The predicted octanol–water partition coefficient (Wildman–Crippen LogP) is 3.55. The van der Waals surface area contributed by atoms with Crippen molar-refractivity contribution in [3.63, 3.8) is 0 Å². The van der Waals surface area contributed by atoms with Crippen LogP contribution in [0, 0.1) is 6.92 Å². The number of halogens is 1. The number of anilines is 1. The molecule has 0 spiro atoms. The first kappa shape index (κ1) is 16.3. The Balaban J connectivity index is 2.06. The minimum atomic E-state index is -0.334. The second-order valence-corrected chi connectivity index (χ2v) is 5.26. The lowest BCUT2D eigenvalue weighted by atomic mass is 10.1. The van der Waals surface area contributed by atoms with E-state index < -0.39 is 0 Å². The monoisotopic (exact) mass is 319 g/mol. The van der Waals surface area contributed by atoms with E-state index in [2.05, 4.69) is 15.6 Å². The Kier molecular flexibility index (Phi) is 5.75. The molecule has 6 heteroatoms. The van der Waals surface area contributed by atoms with Crippen LogP contribution in [0.2, 0.25) is 5.02 Å². The maximum absolute atomic E-state index is 12.1. The maximum Gasteiger partial charge on any atom is 0.320 e. The number of methoxy groups -OCH3 is 1. The average Bonchev–Trinajstić information content (AvgIpc) is 2.50. The van der Waals surface area contributed by atoms with Crippen LogP contribution in [0.4, 0.5) is 10.6 Å². The van der Waals surface area contributed by atoms with Crippen LogP contribution in [0.5, 0.6) is 0 Å². The number of amides is 2. The molecule has 116 valence electrons. The number of rotatable bonds is 5. The van der Waals surface area contributed by atoms with E-state index in [1.165, 1.54) is 0 Å². The van der Waals surface area contributed by atoms with E-state index >= 15 is 0 Å². The number of urea groups is 1. The molecule has 0 aliphatic carbocycles. The smallest absolute Gasteiger partial charge is 0.320 e. The van der Waals surface area contributed by atoms with E-state index in [0.717, 1.165) is 11.1 Å². The molecule has 1 heterocycles. The molecule has 0 fully saturated rings. The number of carbonyl (C=O) groups excluding carboxylic acids is 1. The number of nitrogens with one attached hydrogen (secondary N) is 2. The first-order valence-corrected chi connectivity index (χ1v) is 7.21. The van der Waals surface area contributed by atoms with Gasteiger partial charge in [-0.1, -0.05) is 29.8 Å². The highest BCUT2D eigenvalue weighted by Crippen LogP contribution is 2.17.